The van der Waals surface area contributed by atoms with Crippen molar-refractivity contribution in [3.63, 3.8) is 0 Å². The predicted molar refractivity (Wildman–Crippen MR) is 162 cm³/mol. The van der Waals surface area contributed by atoms with Crippen LogP contribution in [0.4, 0.5) is 18.9 Å². The maximum atomic E-state index is 13.9. The molecule has 1 aromatic heterocycles. The summed E-state index contributed by atoms with van der Waals surface area (Å²) >= 11 is 0. The topological polar surface area (TPSA) is 112 Å². The first-order valence-corrected chi connectivity index (χ1v) is 15.5. The third kappa shape index (κ3) is 7.65. The second kappa shape index (κ2) is 12.8. The summed E-state index contributed by atoms with van der Waals surface area (Å²) in [5.74, 6) is -2.78. The number of anilines is 1. The molecule has 1 saturated carbocycles. The first kappa shape index (κ1) is 32.4. The number of ketones is 1. The molecule has 1 aromatic carbocycles. The molecule has 9 nitrogen and oxygen atoms in total. The number of nitrogens with zero attached hydrogens (tertiary/aromatic N) is 4. The summed E-state index contributed by atoms with van der Waals surface area (Å²) in [5.41, 5.74) is 3.09. The van der Waals surface area contributed by atoms with Gasteiger partial charge in [0.1, 0.15) is 11.4 Å². The number of hydrogen-bond donors (Lipinski definition) is 1. The predicted octanol–water partition coefficient (Wildman–Crippen LogP) is 6.02. The van der Waals surface area contributed by atoms with Gasteiger partial charge in [-0.15, -0.1) is 0 Å². The molecule has 12 heteroatoms. The largest absolute Gasteiger partial charge is 0.491 e. The number of amidine groups is 1. The van der Waals surface area contributed by atoms with Crippen molar-refractivity contribution < 1.29 is 37.4 Å². The van der Waals surface area contributed by atoms with Gasteiger partial charge in [-0.25, -0.2) is 4.98 Å². The Morgan fingerprint density at radius 2 is 1.78 bits per heavy atom. The van der Waals surface area contributed by atoms with Crippen molar-refractivity contribution in [3.8, 4) is 5.75 Å². The number of aromatic nitrogens is 1. The number of aliphatic imine (C=N–C) groups is 1. The van der Waals surface area contributed by atoms with Crippen LogP contribution in [0.1, 0.15) is 105 Å². The minimum Gasteiger partial charge on any atom is -0.491 e. The van der Waals surface area contributed by atoms with E-state index in [0.29, 0.717) is 36.3 Å². The Kier molecular flexibility index (Phi) is 9.23. The number of Topliss-reactive ketones (excluding diaryl/α,β-unsaturated/α-hetero) is 1. The highest BCUT2D eigenvalue weighted by molar-refractivity contribution is 6.10. The lowest BCUT2D eigenvalue weighted by molar-refractivity contribution is -0.169. The van der Waals surface area contributed by atoms with Crippen LogP contribution < -0.4 is 9.64 Å². The number of fused-ring (bicyclic) bond motifs is 1. The molecule has 0 bridgehead atoms. The Labute approximate surface area is 260 Å². The van der Waals surface area contributed by atoms with E-state index < -0.39 is 23.5 Å². The van der Waals surface area contributed by atoms with Gasteiger partial charge in [-0.3, -0.25) is 14.4 Å². The van der Waals surface area contributed by atoms with Crippen molar-refractivity contribution >= 4 is 29.2 Å². The van der Waals surface area contributed by atoms with E-state index in [0.717, 1.165) is 55.7 Å². The number of carbonyl (C=O) groups is 3. The van der Waals surface area contributed by atoms with Gasteiger partial charge in [-0.05, 0) is 62.1 Å². The Morgan fingerprint density at radius 3 is 2.40 bits per heavy atom. The number of pyridine rings is 1. The fourth-order valence-electron chi connectivity index (χ4n) is 5.77. The van der Waals surface area contributed by atoms with Crippen molar-refractivity contribution in [1.82, 2.24) is 9.88 Å². The standard InChI is InChI=1S/C33H39F3N4O5/c1-32(2,3)23-16-22(17-25(39-13-5-6-14-39)29(23)45-15-7-4-8-27(42)43)26(41)19-40-18-21-11-12-24(20-9-10-20)37-28(21)30(40)38-31(44)33(34,35)36/h11-12,16-17,20H,4-10,13-15,18-19H2,1-3H3,(H,42,43). The highest BCUT2D eigenvalue weighted by Crippen LogP contribution is 2.42. The molecule has 0 spiro atoms. The van der Waals surface area contributed by atoms with Gasteiger partial charge in [-0.2, -0.15) is 18.2 Å². The molecular formula is C33H39F3N4O5. The third-order valence-corrected chi connectivity index (χ3v) is 8.33. The Hall–Kier alpha value is -3.96. The number of unbranched alkanes of at least 4 members (excludes halogenated alkanes) is 1. The van der Waals surface area contributed by atoms with Crippen molar-refractivity contribution in [2.75, 3.05) is 31.1 Å². The van der Waals surface area contributed by atoms with Gasteiger partial charge in [0.15, 0.2) is 11.6 Å². The van der Waals surface area contributed by atoms with Crippen molar-refractivity contribution in [1.29, 1.82) is 0 Å². The summed E-state index contributed by atoms with van der Waals surface area (Å²) < 4.78 is 46.2. The monoisotopic (exact) mass is 628 g/mol. The van der Waals surface area contributed by atoms with Crippen LogP contribution in [0.5, 0.6) is 5.75 Å². The molecule has 5 rings (SSSR count). The van der Waals surface area contributed by atoms with E-state index in [1.54, 1.807) is 18.2 Å². The molecule has 1 aliphatic carbocycles. The van der Waals surface area contributed by atoms with Gasteiger partial charge < -0.3 is 19.6 Å². The highest BCUT2D eigenvalue weighted by atomic mass is 19.4. The lowest BCUT2D eigenvalue weighted by atomic mass is 9.84. The number of alkyl halides is 3. The number of halogens is 3. The first-order valence-electron chi connectivity index (χ1n) is 15.5. The Bertz CT molecular complexity index is 1500. The van der Waals surface area contributed by atoms with Crippen LogP contribution >= 0.6 is 0 Å². The average molecular weight is 629 g/mol. The number of carboxylic acids is 1. The zero-order valence-electron chi connectivity index (χ0n) is 25.9. The van der Waals surface area contributed by atoms with Crippen LogP contribution in [-0.4, -0.2) is 70.9 Å². The highest BCUT2D eigenvalue weighted by Gasteiger charge is 2.41. The smallest absolute Gasteiger partial charge is 0.473 e. The second-order valence-electron chi connectivity index (χ2n) is 13.1. The van der Waals surface area contributed by atoms with Gasteiger partial charge in [-0.1, -0.05) is 26.8 Å². The van der Waals surface area contributed by atoms with Gasteiger partial charge in [0, 0.05) is 54.4 Å². The number of hydrogen-bond acceptors (Lipinski definition) is 6. The van der Waals surface area contributed by atoms with E-state index in [1.165, 1.54) is 4.90 Å². The quantitative estimate of drug-likeness (QED) is 0.237. The fourth-order valence-corrected chi connectivity index (χ4v) is 5.77. The van der Waals surface area contributed by atoms with Gasteiger partial charge in [0.2, 0.25) is 0 Å². The maximum Gasteiger partial charge on any atom is 0.473 e. The molecule has 0 radical (unpaired) electrons. The number of rotatable bonds is 11. The van der Waals surface area contributed by atoms with E-state index in [9.17, 15) is 27.6 Å². The zero-order chi connectivity index (χ0) is 32.5. The molecular weight excluding hydrogens is 589 g/mol. The van der Waals surface area contributed by atoms with Gasteiger partial charge in [0.25, 0.3) is 0 Å². The number of aliphatic carboxylic acids is 1. The molecule has 45 heavy (non-hydrogen) atoms. The fraction of sp³-hybridized carbons (Fsp3) is 0.545. The Balaban J connectivity index is 1.47. The molecule has 242 valence electrons. The third-order valence-electron chi connectivity index (χ3n) is 8.33. The molecule has 2 aromatic rings. The molecule has 2 aliphatic heterocycles. The molecule has 3 aliphatic rings. The minimum atomic E-state index is -5.16. The summed E-state index contributed by atoms with van der Waals surface area (Å²) in [7, 11) is 0. The number of benzene rings is 1. The van der Waals surface area contributed by atoms with E-state index in [1.807, 2.05) is 26.8 Å². The van der Waals surface area contributed by atoms with E-state index >= 15 is 0 Å². The van der Waals surface area contributed by atoms with Gasteiger partial charge >= 0.3 is 18.1 Å². The summed E-state index contributed by atoms with van der Waals surface area (Å²) in [6, 6.07) is 7.20. The van der Waals surface area contributed by atoms with Gasteiger partial charge in [0.05, 0.1) is 18.8 Å². The zero-order valence-corrected chi connectivity index (χ0v) is 25.9. The van der Waals surface area contributed by atoms with E-state index in [-0.39, 0.29) is 42.7 Å². The SMILES string of the molecule is CC(C)(C)c1cc(C(=O)CN2Cc3ccc(C4CC4)nc3C2=NC(=O)C(F)(F)F)cc(N2CCCC2)c1OCCCCC(=O)O. The summed E-state index contributed by atoms with van der Waals surface area (Å²) in [4.78, 5) is 48.5. The number of carbonyl (C=O) groups excluding carboxylic acids is 2. The van der Waals surface area contributed by atoms with E-state index in [2.05, 4.69) is 14.9 Å². The molecule has 2 fully saturated rings. The van der Waals surface area contributed by atoms with Crippen LogP contribution in [-0.2, 0) is 21.5 Å². The van der Waals surface area contributed by atoms with Crippen molar-refractivity contribution in [2.45, 2.75) is 89.8 Å². The van der Waals surface area contributed by atoms with Crippen LogP contribution in [0.2, 0.25) is 0 Å². The van der Waals surface area contributed by atoms with Crippen molar-refractivity contribution in [2.24, 2.45) is 4.99 Å². The van der Waals surface area contributed by atoms with Crippen LogP contribution in [0.3, 0.4) is 0 Å². The molecule has 0 atom stereocenters. The molecule has 1 amide bonds. The summed E-state index contributed by atoms with van der Waals surface area (Å²) in [5, 5.41) is 8.97. The van der Waals surface area contributed by atoms with Crippen LogP contribution in [0.25, 0.3) is 0 Å². The normalized spacial score (nSPS) is 17.6. The lowest BCUT2D eigenvalue weighted by Crippen LogP contribution is -2.33. The molecule has 0 unspecified atom stereocenters. The summed E-state index contributed by atoms with van der Waals surface area (Å²) in [6.45, 7) is 7.72. The number of carboxylic acid groups (broad SMARTS) is 1. The molecule has 1 saturated heterocycles. The van der Waals surface area contributed by atoms with E-state index in [4.69, 9.17) is 9.84 Å². The maximum absolute atomic E-state index is 13.9. The minimum absolute atomic E-state index is 0.0551. The first-order chi connectivity index (χ1) is 21.2. The average Bonchev–Trinajstić information content (AvgIpc) is 3.56. The van der Waals surface area contributed by atoms with Crippen LogP contribution in [0.15, 0.2) is 29.3 Å². The lowest BCUT2D eigenvalue weighted by Gasteiger charge is -2.30. The summed E-state index contributed by atoms with van der Waals surface area (Å²) in [6.07, 6.45) is -0.216. The van der Waals surface area contributed by atoms with Crippen molar-refractivity contribution in [3.05, 3.63) is 52.3 Å². The van der Waals surface area contributed by atoms with Crippen LogP contribution in [0, 0.1) is 0 Å². The molecule has 1 N–H and O–H groups in total. The second-order valence-corrected chi connectivity index (χ2v) is 13.1. The Morgan fingerprint density at radius 1 is 1.07 bits per heavy atom. The number of amides is 1. The number of ether oxygens (including phenoxy) is 1. The molecule has 3 heterocycles.